The highest BCUT2D eigenvalue weighted by molar-refractivity contribution is 7.13. The van der Waals surface area contributed by atoms with E-state index in [1.54, 1.807) is 12.4 Å². The molecule has 0 unspecified atom stereocenters. The Kier molecular flexibility index (Phi) is 4.91. The molecule has 0 saturated carbocycles. The molecule has 1 N–H and O–H groups in total. The van der Waals surface area contributed by atoms with Gasteiger partial charge in [0.15, 0.2) is 5.82 Å². The second-order valence-corrected chi connectivity index (χ2v) is 7.48. The van der Waals surface area contributed by atoms with Crippen molar-refractivity contribution in [2.75, 3.05) is 6.61 Å². The number of amides is 1. The third-order valence-corrected chi connectivity index (χ3v) is 5.28. The fourth-order valence-electron chi connectivity index (χ4n) is 2.83. The van der Waals surface area contributed by atoms with Crippen LogP contribution in [-0.4, -0.2) is 27.5 Å². The number of hydrogen-bond acceptors (Lipinski definition) is 6. The zero-order valence-corrected chi connectivity index (χ0v) is 15.1. The van der Waals surface area contributed by atoms with E-state index >= 15 is 0 Å². The molecule has 1 aliphatic heterocycles. The lowest BCUT2D eigenvalue weighted by molar-refractivity contribution is -0.0760. The van der Waals surface area contributed by atoms with E-state index in [0.29, 0.717) is 17.2 Å². The molecule has 24 heavy (non-hydrogen) atoms. The van der Waals surface area contributed by atoms with E-state index in [9.17, 15) is 4.79 Å². The molecular weight excluding hydrogens is 324 g/mol. The lowest BCUT2D eigenvalue weighted by atomic mass is 9.95. The second kappa shape index (κ2) is 6.94. The van der Waals surface area contributed by atoms with Crippen LogP contribution >= 0.6 is 11.3 Å². The molecule has 1 aliphatic rings. The second-order valence-electron chi connectivity index (χ2n) is 6.28. The number of nitrogens with one attached hydrogen (secondary N) is 1. The molecular formula is C17H22N4O2S. The van der Waals surface area contributed by atoms with Crippen LogP contribution in [0.1, 0.15) is 57.9 Å². The Bertz CT molecular complexity index is 721. The summed E-state index contributed by atoms with van der Waals surface area (Å²) in [5.74, 6) is 0.607. The number of aromatic nitrogens is 3. The Morgan fingerprint density at radius 2 is 2.08 bits per heavy atom. The van der Waals surface area contributed by atoms with Crippen molar-refractivity contribution in [3.63, 3.8) is 0 Å². The number of ether oxygens (including phenoxy) is 1. The first-order valence-electron chi connectivity index (χ1n) is 8.15. The Morgan fingerprint density at radius 3 is 2.67 bits per heavy atom. The lowest BCUT2D eigenvalue weighted by Crippen LogP contribution is -2.32. The first-order chi connectivity index (χ1) is 11.5. The molecule has 0 bridgehead atoms. The van der Waals surface area contributed by atoms with Gasteiger partial charge in [0, 0.05) is 31.1 Å². The van der Waals surface area contributed by atoms with Gasteiger partial charge in [0.05, 0.1) is 10.7 Å². The van der Waals surface area contributed by atoms with Gasteiger partial charge in [0.1, 0.15) is 10.5 Å². The molecule has 2 aromatic heterocycles. The molecule has 1 atom stereocenters. The van der Waals surface area contributed by atoms with Crippen LogP contribution in [0.2, 0.25) is 0 Å². The number of nitrogens with zero attached hydrogens (tertiary/aromatic N) is 3. The molecule has 0 aliphatic carbocycles. The van der Waals surface area contributed by atoms with Crippen molar-refractivity contribution in [2.24, 2.45) is 0 Å². The molecule has 128 valence electrons. The maximum absolute atomic E-state index is 12.2. The third-order valence-electron chi connectivity index (χ3n) is 4.21. The van der Waals surface area contributed by atoms with Gasteiger partial charge in [-0.1, -0.05) is 0 Å². The van der Waals surface area contributed by atoms with Crippen molar-refractivity contribution in [2.45, 2.75) is 52.2 Å². The van der Waals surface area contributed by atoms with Gasteiger partial charge in [-0.05, 0) is 40.0 Å². The van der Waals surface area contributed by atoms with Gasteiger partial charge in [0.25, 0.3) is 5.91 Å². The predicted octanol–water partition coefficient (Wildman–Crippen LogP) is 2.90. The average Bonchev–Trinajstić information content (AvgIpc) is 2.92. The minimum atomic E-state index is -0.392. The normalized spacial score (nSPS) is 20.8. The fourth-order valence-corrected chi connectivity index (χ4v) is 3.67. The van der Waals surface area contributed by atoms with Crippen molar-refractivity contribution in [1.29, 1.82) is 0 Å². The summed E-state index contributed by atoms with van der Waals surface area (Å²) in [5, 5.41) is 3.79. The van der Waals surface area contributed by atoms with E-state index < -0.39 is 5.60 Å². The summed E-state index contributed by atoms with van der Waals surface area (Å²) in [6.45, 7) is 6.94. The molecule has 7 heteroatoms. The summed E-state index contributed by atoms with van der Waals surface area (Å²) in [4.78, 5) is 26.1. The minimum Gasteiger partial charge on any atom is -0.367 e. The van der Waals surface area contributed by atoms with E-state index in [0.717, 1.165) is 42.1 Å². The van der Waals surface area contributed by atoms with Crippen LogP contribution in [-0.2, 0) is 16.9 Å². The first-order valence-corrected chi connectivity index (χ1v) is 8.97. The number of hydrogen-bond donors (Lipinski definition) is 1. The van der Waals surface area contributed by atoms with Crippen LogP contribution in [0.3, 0.4) is 0 Å². The van der Waals surface area contributed by atoms with Gasteiger partial charge in [-0.25, -0.2) is 15.0 Å². The topological polar surface area (TPSA) is 77.0 Å². The monoisotopic (exact) mass is 346 g/mol. The molecule has 2 aromatic rings. The molecule has 1 saturated heterocycles. The van der Waals surface area contributed by atoms with Crippen molar-refractivity contribution < 1.29 is 9.53 Å². The summed E-state index contributed by atoms with van der Waals surface area (Å²) in [6, 6.07) is 0. The highest BCUT2D eigenvalue weighted by Crippen LogP contribution is 2.32. The quantitative estimate of drug-likeness (QED) is 0.921. The van der Waals surface area contributed by atoms with Crippen molar-refractivity contribution in [3.8, 4) is 0 Å². The van der Waals surface area contributed by atoms with Crippen LogP contribution < -0.4 is 5.32 Å². The lowest BCUT2D eigenvalue weighted by Gasteiger charge is -2.32. The van der Waals surface area contributed by atoms with E-state index in [1.807, 2.05) is 20.8 Å². The van der Waals surface area contributed by atoms with Gasteiger partial charge in [-0.3, -0.25) is 4.79 Å². The highest BCUT2D eigenvalue weighted by atomic mass is 32.1. The Labute approximate surface area is 145 Å². The molecule has 0 spiro atoms. The number of carbonyl (C=O) groups excluding carboxylic acids is 1. The molecule has 3 rings (SSSR count). The maximum Gasteiger partial charge on any atom is 0.263 e. The van der Waals surface area contributed by atoms with Crippen molar-refractivity contribution in [1.82, 2.24) is 20.3 Å². The molecule has 3 heterocycles. The standard InChI is InChI=1S/C17H22N4O2S/c1-11-14(24-12(2)21-11)15(22)18-8-13-9-19-16(20-10-13)17(3)6-4-5-7-23-17/h9-10H,4-8H2,1-3H3,(H,18,22)/t17-/m0/s1. The van der Waals surface area contributed by atoms with E-state index in [4.69, 9.17) is 4.74 Å². The molecule has 1 fully saturated rings. The zero-order valence-electron chi connectivity index (χ0n) is 14.3. The zero-order chi connectivity index (χ0) is 17.2. The van der Waals surface area contributed by atoms with E-state index in [-0.39, 0.29) is 5.91 Å². The highest BCUT2D eigenvalue weighted by Gasteiger charge is 2.32. The van der Waals surface area contributed by atoms with Gasteiger partial charge in [0.2, 0.25) is 0 Å². The summed E-state index contributed by atoms with van der Waals surface area (Å²) >= 11 is 1.41. The molecule has 6 nitrogen and oxygen atoms in total. The summed E-state index contributed by atoms with van der Waals surface area (Å²) in [6.07, 6.45) is 6.68. The minimum absolute atomic E-state index is 0.107. The number of aryl methyl sites for hydroxylation is 2. The van der Waals surface area contributed by atoms with Gasteiger partial charge in [-0.2, -0.15) is 0 Å². The predicted molar refractivity (Wildman–Crippen MR) is 91.9 cm³/mol. The van der Waals surface area contributed by atoms with Crippen LogP contribution in [0, 0.1) is 13.8 Å². The van der Waals surface area contributed by atoms with E-state index in [1.165, 1.54) is 11.3 Å². The Hall–Kier alpha value is -1.86. The molecule has 0 aromatic carbocycles. The summed E-state index contributed by atoms with van der Waals surface area (Å²) in [7, 11) is 0. The largest absolute Gasteiger partial charge is 0.367 e. The van der Waals surface area contributed by atoms with Crippen LogP contribution in [0.15, 0.2) is 12.4 Å². The van der Waals surface area contributed by atoms with Crippen LogP contribution in [0.4, 0.5) is 0 Å². The number of carbonyl (C=O) groups is 1. The fraction of sp³-hybridized carbons (Fsp3) is 0.529. The SMILES string of the molecule is Cc1nc(C)c(C(=O)NCc2cnc([C@]3(C)CCCCO3)nc2)s1. The number of thiazole rings is 1. The summed E-state index contributed by atoms with van der Waals surface area (Å²) in [5.41, 5.74) is 1.24. The van der Waals surface area contributed by atoms with Crippen LogP contribution in [0.25, 0.3) is 0 Å². The average molecular weight is 346 g/mol. The van der Waals surface area contributed by atoms with Gasteiger partial charge < -0.3 is 10.1 Å². The van der Waals surface area contributed by atoms with Crippen molar-refractivity contribution in [3.05, 3.63) is 39.4 Å². The van der Waals surface area contributed by atoms with Gasteiger partial charge in [-0.15, -0.1) is 11.3 Å². The van der Waals surface area contributed by atoms with Crippen molar-refractivity contribution >= 4 is 17.2 Å². The first kappa shape index (κ1) is 17.0. The Morgan fingerprint density at radius 1 is 1.33 bits per heavy atom. The maximum atomic E-state index is 12.2. The molecule has 0 radical (unpaired) electrons. The smallest absolute Gasteiger partial charge is 0.263 e. The van der Waals surface area contributed by atoms with Crippen LogP contribution in [0.5, 0.6) is 0 Å². The number of rotatable bonds is 4. The summed E-state index contributed by atoms with van der Waals surface area (Å²) < 4.78 is 5.86. The Balaban J connectivity index is 1.62. The molecule has 1 amide bonds. The third kappa shape index (κ3) is 3.62. The van der Waals surface area contributed by atoms with Gasteiger partial charge >= 0.3 is 0 Å². The van der Waals surface area contributed by atoms with E-state index in [2.05, 4.69) is 20.3 Å².